The molecular formula is C15H17N3O3. The molecule has 21 heavy (non-hydrogen) atoms. The molecule has 0 saturated heterocycles. The van der Waals surface area contributed by atoms with Crippen molar-refractivity contribution in [2.24, 2.45) is 0 Å². The first-order valence-corrected chi connectivity index (χ1v) is 6.72. The van der Waals surface area contributed by atoms with Crippen molar-refractivity contribution in [3.63, 3.8) is 0 Å². The molecule has 0 atom stereocenters. The summed E-state index contributed by atoms with van der Waals surface area (Å²) in [6.45, 7) is 3.50. The number of H-pyrrole nitrogens is 1. The van der Waals surface area contributed by atoms with E-state index in [9.17, 15) is 9.59 Å². The quantitative estimate of drug-likeness (QED) is 0.782. The minimum Gasteiger partial charge on any atom is -0.380 e. The number of amides is 1. The smallest absolute Gasteiger partial charge is 0.344 e. The summed E-state index contributed by atoms with van der Waals surface area (Å²) < 4.78 is 5.17. The van der Waals surface area contributed by atoms with Gasteiger partial charge in [-0.15, -0.1) is 0 Å². The number of carbonyl (C=O) groups is 1. The number of aromatic amines is 1. The van der Waals surface area contributed by atoms with Gasteiger partial charge in [-0.05, 0) is 24.6 Å². The Hall–Kier alpha value is -2.47. The number of benzene rings is 1. The lowest BCUT2D eigenvalue weighted by molar-refractivity contribution is 0.0922. The number of hydrogen-bond donors (Lipinski definition) is 2. The van der Waals surface area contributed by atoms with Crippen LogP contribution in [0.25, 0.3) is 11.1 Å². The number of aromatic nitrogens is 2. The van der Waals surface area contributed by atoms with Crippen LogP contribution in [-0.4, -0.2) is 35.6 Å². The predicted octanol–water partition coefficient (Wildman–Crippen LogP) is 1.20. The Morgan fingerprint density at radius 2 is 2.24 bits per heavy atom. The fourth-order valence-corrected chi connectivity index (χ4v) is 1.82. The van der Waals surface area contributed by atoms with Gasteiger partial charge in [0.1, 0.15) is 0 Å². The normalized spacial score (nSPS) is 10.3. The van der Waals surface area contributed by atoms with E-state index in [1.807, 2.05) is 13.0 Å². The zero-order chi connectivity index (χ0) is 15.1. The van der Waals surface area contributed by atoms with Crippen LogP contribution in [0.15, 0.2) is 41.5 Å². The Bertz CT molecular complexity index is 647. The molecule has 1 amide bonds. The summed E-state index contributed by atoms with van der Waals surface area (Å²) in [6, 6.07) is 7.13. The van der Waals surface area contributed by atoms with E-state index in [1.165, 1.54) is 6.20 Å². The van der Waals surface area contributed by atoms with E-state index in [4.69, 9.17) is 4.74 Å². The fraction of sp³-hybridized carbons (Fsp3) is 0.267. The lowest BCUT2D eigenvalue weighted by Gasteiger charge is -2.07. The Balaban J connectivity index is 2.08. The minimum absolute atomic E-state index is 0.158. The summed E-state index contributed by atoms with van der Waals surface area (Å²) in [6.07, 6.45) is 3.05. The predicted molar refractivity (Wildman–Crippen MR) is 79.1 cm³/mol. The molecule has 0 fully saturated rings. The topological polar surface area (TPSA) is 84.1 Å². The van der Waals surface area contributed by atoms with Crippen LogP contribution < -0.4 is 11.0 Å². The monoisotopic (exact) mass is 287 g/mol. The van der Waals surface area contributed by atoms with E-state index in [0.29, 0.717) is 25.3 Å². The number of rotatable bonds is 6. The molecule has 1 heterocycles. The molecule has 6 nitrogen and oxygen atoms in total. The molecule has 0 bridgehead atoms. The van der Waals surface area contributed by atoms with Gasteiger partial charge in [-0.3, -0.25) is 4.79 Å². The molecule has 2 N–H and O–H groups in total. The number of carbonyl (C=O) groups excluding carboxylic acids is 1. The van der Waals surface area contributed by atoms with Crippen molar-refractivity contribution in [2.45, 2.75) is 6.92 Å². The van der Waals surface area contributed by atoms with Crippen molar-refractivity contribution >= 4 is 5.91 Å². The standard InChI is InChI=1S/C15H17N3O3/c1-2-21-7-6-16-14(19)12-5-3-4-11(8-12)13-9-17-15(20)18-10-13/h3-5,8-10H,2,6-7H2,1H3,(H,16,19)(H,17,18,20). The third kappa shape index (κ3) is 4.25. The van der Waals surface area contributed by atoms with Crippen LogP contribution in [0.4, 0.5) is 0 Å². The van der Waals surface area contributed by atoms with Gasteiger partial charge < -0.3 is 15.0 Å². The minimum atomic E-state index is -0.399. The van der Waals surface area contributed by atoms with Crippen LogP contribution in [0.3, 0.4) is 0 Å². The molecule has 110 valence electrons. The maximum atomic E-state index is 12.0. The van der Waals surface area contributed by atoms with E-state index in [0.717, 1.165) is 11.1 Å². The first-order chi connectivity index (χ1) is 10.2. The van der Waals surface area contributed by atoms with Crippen LogP contribution in [0, 0.1) is 0 Å². The first kappa shape index (κ1) is 14.9. The summed E-state index contributed by atoms with van der Waals surface area (Å²) in [5, 5.41) is 2.78. The first-order valence-electron chi connectivity index (χ1n) is 6.72. The van der Waals surface area contributed by atoms with E-state index in [1.54, 1.807) is 24.4 Å². The van der Waals surface area contributed by atoms with Gasteiger partial charge in [0.15, 0.2) is 0 Å². The Morgan fingerprint density at radius 3 is 2.95 bits per heavy atom. The van der Waals surface area contributed by atoms with Gasteiger partial charge >= 0.3 is 5.69 Å². The van der Waals surface area contributed by atoms with Gasteiger partial charge in [-0.2, -0.15) is 0 Å². The summed E-state index contributed by atoms with van der Waals surface area (Å²) in [5.74, 6) is -0.158. The molecule has 0 unspecified atom stereocenters. The molecule has 2 aromatic rings. The molecule has 6 heteroatoms. The molecule has 2 rings (SSSR count). The largest absolute Gasteiger partial charge is 0.380 e. The number of hydrogen-bond acceptors (Lipinski definition) is 4. The van der Waals surface area contributed by atoms with Crippen LogP contribution in [-0.2, 0) is 4.74 Å². The second-order valence-corrected chi connectivity index (χ2v) is 4.34. The maximum Gasteiger partial charge on any atom is 0.344 e. The Kier molecular flexibility index (Phi) is 5.22. The zero-order valence-electron chi connectivity index (χ0n) is 11.8. The molecule has 0 aliphatic heterocycles. The highest BCUT2D eigenvalue weighted by molar-refractivity contribution is 5.95. The van der Waals surface area contributed by atoms with Crippen molar-refractivity contribution in [3.8, 4) is 11.1 Å². The third-order valence-corrected chi connectivity index (χ3v) is 2.87. The molecular weight excluding hydrogens is 270 g/mol. The third-order valence-electron chi connectivity index (χ3n) is 2.87. The number of nitrogens with one attached hydrogen (secondary N) is 2. The van der Waals surface area contributed by atoms with Crippen LogP contribution in [0.2, 0.25) is 0 Å². The second-order valence-electron chi connectivity index (χ2n) is 4.34. The Labute approximate surface area is 122 Å². The van der Waals surface area contributed by atoms with E-state index < -0.39 is 5.69 Å². The van der Waals surface area contributed by atoms with Gasteiger partial charge in [0, 0.05) is 36.7 Å². The fourth-order valence-electron chi connectivity index (χ4n) is 1.82. The maximum absolute atomic E-state index is 12.0. The van der Waals surface area contributed by atoms with Crippen molar-refractivity contribution in [2.75, 3.05) is 19.8 Å². The molecule has 0 spiro atoms. The summed E-state index contributed by atoms with van der Waals surface area (Å²) in [4.78, 5) is 29.1. The van der Waals surface area contributed by atoms with Gasteiger partial charge in [-0.25, -0.2) is 9.78 Å². The van der Waals surface area contributed by atoms with Crippen molar-refractivity contribution in [1.29, 1.82) is 0 Å². The number of nitrogens with zero attached hydrogens (tertiary/aromatic N) is 1. The van der Waals surface area contributed by atoms with Crippen molar-refractivity contribution in [1.82, 2.24) is 15.3 Å². The number of ether oxygens (including phenoxy) is 1. The summed E-state index contributed by atoms with van der Waals surface area (Å²) >= 11 is 0. The van der Waals surface area contributed by atoms with Gasteiger partial charge in [0.2, 0.25) is 0 Å². The van der Waals surface area contributed by atoms with E-state index in [-0.39, 0.29) is 5.91 Å². The van der Waals surface area contributed by atoms with E-state index >= 15 is 0 Å². The Morgan fingerprint density at radius 1 is 1.38 bits per heavy atom. The lowest BCUT2D eigenvalue weighted by Crippen LogP contribution is -2.27. The zero-order valence-corrected chi connectivity index (χ0v) is 11.8. The lowest BCUT2D eigenvalue weighted by atomic mass is 10.1. The van der Waals surface area contributed by atoms with E-state index in [2.05, 4.69) is 15.3 Å². The van der Waals surface area contributed by atoms with Crippen molar-refractivity contribution in [3.05, 3.63) is 52.7 Å². The highest BCUT2D eigenvalue weighted by Gasteiger charge is 2.07. The van der Waals surface area contributed by atoms with Gasteiger partial charge in [0.05, 0.1) is 6.61 Å². The highest BCUT2D eigenvalue weighted by atomic mass is 16.5. The molecule has 0 saturated carbocycles. The van der Waals surface area contributed by atoms with Crippen LogP contribution >= 0.6 is 0 Å². The van der Waals surface area contributed by atoms with Crippen LogP contribution in [0.5, 0.6) is 0 Å². The average Bonchev–Trinajstić information content (AvgIpc) is 2.52. The molecule has 0 radical (unpaired) electrons. The second kappa shape index (κ2) is 7.35. The van der Waals surface area contributed by atoms with Crippen LogP contribution in [0.1, 0.15) is 17.3 Å². The highest BCUT2D eigenvalue weighted by Crippen LogP contribution is 2.17. The summed E-state index contributed by atoms with van der Waals surface area (Å²) in [5.41, 5.74) is 1.72. The van der Waals surface area contributed by atoms with Gasteiger partial charge in [0.25, 0.3) is 5.91 Å². The SMILES string of the molecule is CCOCCNC(=O)c1cccc(-c2cnc(=O)[nH]c2)c1. The molecule has 1 aromatic carbocycles. The summed E-state index contributed by atoms with van der Waals surface area (Å²) in [7, 11) is 0. The molecule has 1 aromatic heterocycles. The molecule has 0 aliphatic rings. The van der Waals surface area contributed by atoms with Crippen molar-refractivity contribution < 1.29 is 9.53 Å². The average molecular weight is 287 g/mol. The van der Waals surface area contributed by atoms with Gasteiger partial charge in [-0.1, -0.05) is 12.1 Å². The molecule has 0 aliphatic carbocycles.